The zero-order valence-electron chi connectivity index (χ0n) is 17.9. The molecule has 0 fully saturated rings. The first-order chi connectivity index (χ1) is 16.2. The van der Waals surface area contributed by atoms with Crippen molar-refractivity contribution in [1.29, 1.82) is 5.41 Å². The van der Waals surface area contributed by atoms with Crippen LogP contribution in [0.2, 0.25) is 0 Å². The molecule has 2 aromatic carbocycles. The third-order valence-corrected chi connectivity index (χ3v) is 5.86. The third-order valence-electron chi connectivity index (χ3n) is 4.75. The maximum atomic E-state index is 13.3. The second-order valence-corrected chi connectivity index (χ2v) is 9.38. The molecule has 0 saturated heterocycles. The molecular formula is C23H17F6N3O2S. The van der Waals surface area contributed by atoms with Crippen LogP contribution in [-0.4, -0.2) is 31.5 Å². The van der Waals surface area contributed by atoms with E-state index in [4.69, 9.17) is 5.41 Å². The molecule has 0 aliphatic rings. The van der Waals surface area contributed by atoms with Gasteiger partial charge < -0.3 is 5.32 Å². The first kappa shape index (κ1) is 25.9. The monoisotopic (exact) mass is 513 g/mol. The Kier molecular flexibility index (Phi) is 7.06. The number of alkyl halides is 6. The predicted octanol–water partition coefficient (Wildman–Crippen LogP) is 6.21. The molecule has 0 aliphatic carbocycles. The summed E-state index contributed by atoms with van der Waals surface area (Å²) in [7, 11) is -3.48. The van der Waals surface area contributed by atoms with Crippen molar-refractivity contribution in [2.24, 2.45) is 0 Å². The fourth-order valence-electron chi connectivity index (χ4n) is 3.03. The van der Waals surface area contributed by atoms with E-state index in [0.717, 1.165) is 24.6 Å². The number of aromatic nitrogens is 1. The highest BCUT2D eigenvalue weighted by Gasteiger charge is 2.35. The van der Waals surface area contributed by atoms with Crippen molar-refractivity contribution in [2.45, 2.75) is 17.2 Å². The van der Waals surface area contributed by atoms with Gasteiger partial charge in [0.25, 0.3) is 0 Å². The number of rotatable bonds is 6. The Bertz CT molecular complexity index is 1380. The van der Waals surface area contributed by atoms with E-state index in [0.29, 0.717) is 17.2 Å². The molecule has 0 unspecified atom stereocenters. The minimum absolute atomic E-state index is 0.0424. The molecule has 1 heterocycles. The van der Waals surface area contributed by atoms with Gasteiger partial charge in [0, 0.05) is 18.1 Å². The maximum absolute atomic E-state index is 13.3. The van der Waals surface area contributed by atoms with Crippen LogP contribution in [0.1, 0.15) is 11.1 Å². The lowest BCUT2D eigenvalue weighted by atomic mass is 10.0. The summed E-state index contributed by atoms with van der Waals surface area (Å²) in [6.07, 6.45) is -7.40. The summed E-state index contributed by atoms with van der Waals surface area (Å²) in [5, 5.41) is 9.55. The molecule has 35 heavy (non-hydrogen) atoms. The zero-order chi connectivity index (χ0) is 26.0. The number of halogens is 6. The average Bonchev–Trinajstić information content (AvgIpc) is 2.77. The molecule has 5 nitrogen and oxygen atoms in total. The number of anilines is 1. The molecule has 0 spiro atoms. The summed E-state index contributed by atoms with van der Waals surface area (Å²) in [6.45, 7) is 0. The Balaban J connectivity index is 2.05. The van der Waals surface area contributed by atoms with Crippen molar-refractivity contribution in [3.63, 3.8) is 0 Å². The van der Waals surface area contributed by atoms with E-state index in [1.54, 1.807) is 6.07 Å². The van der Waals surface area contributed by atoms with Crippen LogP contribution >= 0.6 is 0 Å². The number of sulfone groups is 1. The lowest BCUT2D eigenvalue weighted by Crippen LogP contribution is -2.21. The van der Waals surface area contributed by atoms with Crippen molar-refractivity contribution >= 4 is 27.1 Å². The molecular weight excluding hydrogens is 496 g/mol. The highest BCUT2D eigenvalue weighted by atomic mass is 32.2. The van der Waals surface area contributed by atoms with Crippen LogP contribution in [0.3, 0.4) is 0 Å². The average molecular weight is 513 g/mol. The molecule has 3 rings (SSSR count). The van der Waals surface area contributed by atoms with Crippen LogP contribution in [0.5, 0.6) is 0 Å². The smallest absolute Gasteiger partial charge is 0.339 e. The minimum atomic E-state index is -5.03. The van der Waals surface area contributed by atoms with Gasteiger partial charge in [-0.2, -0.15) is 26.3 Å². The predicted molar refractivity (Wildman–Crippen MR) is 120 cm³/mol. The van der Waals surface area contributed by atoms with Gasteiger partial charge in [0.1, 0.15) is 11.5 Å². The number of nitrogens with zero attached hydrogens (tertiary/aromatic N) is 1. The lowest BCUT2D eigenvalue weighted by molar-refractivity contribution is -0.137. The number of benzene rings is 2. The van der Waals surface area contributed by atoms with E-state index in [9.17, 15) is 34.8 Å². The van der Waals surface area contributed by atoms with Gasteiger partial charge in [-0.25, -0.2) is 13.4 Å². The Morgan fingerprint density at radius 2 is 1.60 bits per heavy atom. The summed E-state index contributed by atoms with van der Waals surface area (Å²) in [5.41, 5.74) is -2.36. The fourth-order valence-corrected chi connectivity index (χ4v) is 3.69. The van der Waals surface area contributed by atoms with Gasteiger partial charge >= 0.3 is 12.4 Å². The van der Waals surface area contributed by atoms with E-state index < -0.39 is 45.0 Å². The summed E-state index contributed by atoms with van der Waals surface area (Å²) in [4.78, 5) is 3.66. The van der Waals surface area contributed by atoms with Gasteiger partial charge in [-0.05, 0) is 47.0 Å². The van der Waals surface area contributed by atoms with Crippen molar-refractivity contribution in [2.75, 3.05) is 11.6 Å². The Hall–Kier alpha value is -3.67. The number of pyridine rings is 1. The van der Waals surface area contributed by atoms with Crippen LogP contribution in [0, 0.1) is 5.41 Å². The van der Waals surface area contributed by atoms with Crippen molar-refractivity contribution in [3.8, 4) is 11.1 Å². The van der Waals surface area contributed by atoms with Crippen LogP contribution < -0.4 is 5.32 Å². The van der Waals surface area contributed by atoms with E-state index >= 15 is 0 Å². The quantitative estimate of drug-likeness (QED) is 0.304. The van der Waals surface area contributed by atoms with Crippen molar-refractivity contribution in [1.82, 2.24) is 4.98 Å². The van der Waals surface area contributed by atoms with Crippen LogP contribution in [0.15, 0.2) is 77.8 Å². The second kappa shape index (κ2) is 9.53. The fraction of sp³-hybridized carbons (Fsp3) is 0.130. The van der Waals surface area contributed by atoms with Crippen LogP contribution in [-0.2, 0) is 16.0 Å². The molecule has 0 amide bonds. The molecule has 184 valence electrons. The third kappa shape index (κ3) is 6.47. The summed E-state index contributed by atoms with van der Waals surface area (Å²) >= 11 is 0. The Labute approximate surface area is 196 Å². The molecule has 3 aromatic rings. The highest BCUT2D eigenvalue weighted by Crippen LogP contribution is 2.35. The number of hydrogen-bond acceptors (Lipinski definition) is 5. The maximum Gasteiger partial charge on any atom is 0.432 e. The standard InChI is InChI=1S/C23H17F6N3O2S/c1-35(33,34)17-5-2-4-16(12-17)14-7-9-15(10-8-14)19(13-20(30)23(27,28)29)32-21-18(22(24,25)26)6-3-11-31-21/h2-13,30H,1H3,(H,31,32)/b19-13-,30-20?. The zero-order valence-corrected chi connectivity index (χ0v) is 18.7. The van der Waals surface area contributed by atoms with Crippen molar-refractivity contribution < 1.29 is 34.8 Å². The van der Waals surface area contributed by atoms with Crippen molar-refractivity contribution in [3.05, 3.63) is 84.1 Å². The lowest BCUT2D eigenvalue weighted by Gasteiger charge is -2.17. The van der Waals surface area contributed by atoms with E-state index in [1.807, 2.05) is 0 Å². The Morgan fingerprint density at radius 3 is 2.17 bits per heavy atom. The first-order valence-electron chi connectivity index (χ1n) is 9.74. The summed E-state index contributed by atoms with van der Waals surface area (Å²) in [6, 6.07) is 13.3. The number of hydrogen-bond donors (Lipinski definition) is 2. The number of allylic oxidation sites excluding steroid dienone is 1. The molecule has 0 atom stereocenters. The molecule has 1 aromatic heterocycles. The topological polar surface area (TPSA) is 82.9 Å². The van der Waals surface area contributed by atoms with Gasteiger partial charge in [0.2, 0.25) is 0 Å². The van der Waals surface area contributed by atoms with Crippen LogP contribution in [0.4, 0.5) is 32.2 Å². The van der Waals surface area contributed by atoms with Gasteiger partial charge in [0.05, 0.1) is 10.5 Å². The molecule has 0 bridgehead atoms. The van der Waals surface area contributed by atoms with Gasteiger partial charge in [-0.1, -0.05) is 36.4 Å². The van der Waals surface area contributed by atoms with Crippen LogP contribution in [0.25, 0.3) is 16.8 Å². The summed E-state index contributed by atoms with van der Waals surface area (Å²) in [5.74, 6) is -0.730. The van der Waals surface area contributed by atoms with E-state index in [1.165, 1.54) is 42.5 Å². The SMILES string of the molecule is CS(=O)(=O)c1cccc(-c2ccc(/C(=C/C(=N)C(F)(F)F)Nc3ncccc3C(F)(F)F)cc2)c1. The minimum Gasteiger partial charge on any atom is -0.339 e. The molecule has 2 N–H and O–H groups in total. The molecule has 0 aliphatic heterocycles. The Morgan fingerprint density at radius 1 is 0.943 bits per heavy atom. The van der Waals surface area contributed by atoms with Gasteiger partial charge in [-0.3, -0.25) is 5.41 Å². The number of nitrogens with one attached hydrogen (secondary N) is 2. The largest absolute Gasteiger partial charge is 0.432 e. The first-order valence-corrected chi connectivity index (χ1v) is 11.6. The molecule has 0 saturated carbocycles. The summed E-state index contributed by atoms with van der Waals surface area (Å²) < 4.78 is 103. The second-order valence-electron chi connectivity index (χ2n) is 7.37. The molecule has 12 heteroatoms. The van der Waals surface area contributed by atoms with E-state index in [-0.39, 0.29) is 10.5 Å². The molecule has 0 radical (unpaired) electrons. The normalized spacial score (nSPS) is 12.9. The van der Waals surface area contributed by atoms with Gasteiger partial charge in [-0.15, -0.1) is 0 Å². The van der Waals surface area contributed by atoms with E-state index in [2.05, 4.69) is 10.3 Å². The van der Waals surface area contributed by atoms with Gasteiger partial charge in [0.15, 0.2) is 9.84 Å². The highest BCUT2D eigenvalue weighted by molar-refractivity contribution is 7.90.